The van der Waals surface area contributed by atoms with Crippen LogP contribution in [0.5, 0.6) is 5.75 Å². The van der Waals surface area contributed by atoms with Gasteiger partial charge in [0, 0.05) is 4.90 Å². The number of amides is 1. The van der Waals surface area contributed by atoms with E-state index in [9.17, 15) is 13.2 Å². The fourth-order valence-electron chi connectivity index (χ4n) is 4.35. The van der Waals surface area contributed by atoms with Crippen molar-refractivity contribution in [2.75, 3.05) is 23.7 Å². The number of carbonyl (C=O) groups is 1. The van der Waals surface area contributed by atoms with E-state index in [-0.39, 0.29) is 4.90 Å². The minimum absolute atomic E-state index is 0.0953. The van der Waals surface area contributed by atoms with E-state index in [1.807, 2.05) is 74.7 Å². The Labute approximate surface area is 235 Å². The standard InChI is InChI=1S/C31H32N2O4S2/c1-4-37-29-17-11-10-16-28(29)33(39(35,36)26-20-18-25(38-3)19-21-26)22-30(34)32-31(24-13-6-5-7-14-24)27-15-9-8-12-23(27)2/h5-21,31H,4,22H2,1-3H3,(H,32,34)/t31-/m1/s1. The van der Waals surface area contributed by atoms with Gasteiger partial charge >= 0.3 is 0 Å². The highest BCUT2D eigenvalue weighted by atomic mass is 32.2. The Kier molecular flexibility index (Phi) is 9.32. The zero-order chi connectivity index (χ0) is 27.8. The lowest BCUT2D eigenvalue weighted by Crippen LogP contribution is -2.42. The first kappa shape index (κ1) is 28.3. The lowest BCUT2D eigenvalue weighted by molar-refractivity contribution is -0.120. The SMILES string of the molecule is CCOc1ccccc1N(CC(=O)N[C@H](c1ccccc1)c1ccccc1C)S(=O)(=O)c1ccc(SC)cc1. The predicted octanol–water partition coefficient (Wildman–Crippen LogP) is 6.22. The summed E-state index contributed by atoms with van der Waals surface area (Å²) >= 11 is 1.52. The summed E-state index contributed by atoms with van der Waals surface area (Å²) in [6, 6.07) is 30.5. The average molecular weight is 561 g/mol. The van der Waals surface area contributed by atoms with Crippen molar-refractivity contribution in [1.82, 2.24) is 5.32 Å². The van der Waals surface area contributed by atoms with Crippen molar-refractivity contribution in [1.29, 1.82) is 0 Å². The molecule has 8 heteroatoms. The first-order valence-corrected chi connectivity index (χ1v) is 15.3. The van der Waals surface area contributed by atoms with Gasteiger partial charge in [0.25, 0.3) is 10.0 Å². The van der Waals surface area contributed by atoms with Crippen molar-refractivity contribution >= 4 is 33.4 Å². The van der Waals surface area contributed by atoms with E-state index in [4.69, 9.17) is 4.74 Å². The van der Waals surface area contributed by atoms with Crippen molar-refractivity contribution in [3.63, 3.8) is 0 Å². The third kappa shape index (κ3) is 6.64. The number of aryl methyl sites for hydroxylation is 1. The summed E-state index contributed by atoms with van der Waals surface area (Å²) in [6.45, 7) is 3.75. The van der Waals surface area contributed by atoms with Crippen LogP contribution in [0.15, 0.2) is 113 Å². The minimum atomic E-state index is -4.10. The smallest absolute Gasteiger partial charge is 0.264 e. The number of sulfonamides is 1. The molecule has 0 radical (unpaired) electrons. The molecule has 0 unspecified atom stereocenters. The third-order valence-corrected chi connectivity index (χ3v) is 8.82. The van der Waals surface area contributed by atoms with Crippen LogP contribution in [0.1, 0.15) is 29.7 Å². The molecule has 0 saturated heterocycles. The molecule has 0 saturated carbocycles. The molecule has 0 aliphatic heterocycles. The summed E-state index contributed by atoms with van der Waals surface area (Å²) in [6.07, 6.45) is 1.93. The molecular formula is C31H32N2O4S2. The van der Waals surface area contributed by atoms with Gasteiger partial charge in [0.15, 0.2) is 0 Å². The third-order valence-electron chi connectivity index (χ3n) is 6.31. The number of benzene rings is 4. The second-order valence-electron chi connectivity index (χ2n) is 8.86. The molecule has 4 rings (SSSR count). The van der Waals surface area contributed by atoms with Crippen LogP contribution in [-0.4, -0.2) is 33.7 Å². The van der Waals surface area contributed by atoms with Crippen LogP contribution in [0.3, 0.4) is 0 Å². The first-order valence-electron chi connectivity index (χ1n) is 12.6. The summed E-state index contributed by atoms with van der Waals surface area (Å²) in [7, 11) is -4.10. The molecular weight excluding hydrogens is 528 g/mol. The van der Waals surface area contributed by atoms with Gasteiger partial charge in [-0.05, 0) is 73.2 Å². The maximum Gasteiger partial charge on any atom is 0.264 e. The molecule has 0 spiro atoms. The molecule has 4 aromatic carbocycles. The monoisotopic (exact) mass is 560 g/mol. The molecule has 0 aliphatic carbocycles. The predicted molar refractivity (Wildman–Crippen MR) is 158 cm³/mol. The number of para-hydroxylation sites is 2. The Bertz CT molecular complexity index is 1510. The van der Waals surface area contributed by atoms with E-state index in [0.717, 1.165) is 25.9 Å². The first-order chi connectivity index (χ1) is 18.8. The molecule has 202 valence electrons. The fourth-order valence-corrected chi connectivity index (χ4v) is 6.19. The molecule has 1 amide bonds. The van der Waals surface area contributed by atoms with Gasteiger partial charge in [0.1, 0.15) is 12.3 Å². The quantitative estimate of drug-likeness (QED) is 0.221. The molecule has 0 aliphatic rings. The highest BCUT2D eigenvalue weighted by molar-refractivity contribution is 7.98. The highest BCUT2D eigenvalue weighted by Crippen LogP contribution is 2.33. The topological polar surface area (TPSA) is 75.7 Å². The normalized spacial score (nSPS) is 12.0. The molecule has 0 aromatic heterocycles. The van der Waals surface area contributed by atoms with E-state index in [1.54, 1.807) is 48.5 Å². The van der Waals surface area contributed by atoms with Gasteiger partial charge in [-0.2, -0.15) is 0 Å². The lowest BCUT2D eigenvalue weighted by Gasteiger charge is -2.28. The van der Waals surface area contributed by atoms with Gasteiger partial charge in [0.2, 0.25) is 5.91 Å². The summed E-state index contributed by atoms with van der Waals surface area (Å²) in [4.78, 5) is 14.7. The second-order valence-corrected chi connectivity index (χ2v) is 11.6. The molecule has 0 heterocycles. The molecule has 1 N–H and O–H groups in total. The molecule has 4 aromatic rings. The number of nitrogens with zero attached hydrogens (tertiary/aromatic N) is 1. The summed E-state index contributed by atoms with van der Waals surface area (Å²) < 4.78 is 34.9. The number of carbonyl (C=O) groups excluding carboxylic acids is 1. The molecule has 0 bridgehead atoms. The van der Waals surface area contributed by atoms with Crippen molar-refractivity contribution in [2.45, 2.75) is 29.7 Å². The second kappa shape index (κ2) is 12.9. The number of rotatable bonds is 11. The van der Waals surface area contributed by atoms with Crippen molar-refractivity contribution < 1.29 is 17.9 Å². The van der Waals surface area contributed by atoms with Crippen LogP contribution in [0.25, 0.3) is 0 Å². The largest absolute Gasteiger partial charge is 0.492 e. The van der Waals surface area contributed by atoms with Gasteiger partial charge < -0.3 is 10.1 Å². The van der Waals surface area contributed by atoms with Gasteiger partial charge in [-0.1, -0.05) is 66.7 Å². The zero-order valence-electron chi connectivity index (χ0n) is 22.2. The Hall–Kier alpha value is -3.75. The molecule has 6 nitrogen and oxygen atoms in total. The number of anilines is 1. The molecule has 0 fully saturated rings. The number of nitrogens with one attached hydrogen (secondary N) is 1. The van der Waals surface area contributed by atoms with E-state index in [1.165, 1.54) is 11.8 Å². The van der Waals surface area contributed by atoms with Gasteiger partial charge in [-0.25, -0.2) is 8.42 Å². The Morgan fingerprint density at radius 2 is 1.54 bits per heavy atom. The maximum absolute atomic E-state index is 14.0. The van der Waals surface area contributed by atoms with E-state index in [0.29, 0.717) is 18.0 Å². The zero-order valence-corrected chi connectivity index (χ0v) is 23.8. The minimum Gasteiger partial charge on any atom is -0.492 e. The van der Waals surface area contributed by atoms with Gasteiger partial charge in [0.05, 0.1) is 23.2 Å². The van der Waals surface area contributed by atoms with E-state index >= 15 is 0 Å². The number of hydrogen-bond donors (Lipinski definition) is 1. The number of ether oxygens (including phenoxy) is 1. The van der Waals surface area contributed by atoms with Crippen LogP contribution < -0.4 is 14.4 Å². The average Bonchev–Trinajstić information content (AvgIpc) is 2.96. The van der Waals surface area contributed by atoms with Crippen LogP contribution >= 0.6 is 11.8 Å². The van der Waals surface area contributed by atoms with Crippen molar-refractivity contribution in [3.05, 3.63) is 120 Å². The maximum atomic E-state index is 14.0. The van der Waals surface area contributed by atoms with Crippen LogP contribution in [0, 0.1) is 6.92 Å². The fraction of sp³-hybridized carbons (Fsp3) is 0.194. The van der Waals surface area contributed by atoms with E-state index in [2.05, 4.69) is 5.32 Å². The molecule has 39 heavy (non-hydrogen) atoms. The lowest BCUT2D eigenvalue weighted by atomic mass is 9.95. The highest BCUT2D eigenvalue weighted by Gasteiger charge is 2.30. The summed E-state index contributed by atoms with van der Waals surface area (Å²) in [5.74, 6) is -0.0571. The summed E-state index contributed by atoms with van der Waals surface area (Å²) in [5, 5.41) is 3.09. The summed E-state index contributed by atoms with van der Waals surface area (Å²) in [5.41, 5.74) is 3.16. The Balaban J connectivity index is 1.73. The number of hydrogen-bond acceptors (Lipinski definition) is 5. The van der Waals surface area contributed by atoms with Crippen LogP contribution in [-0.2, 0) is 14.8 Å². The van der Waals surface area contributed by atoms with Gasteiger partial charge in [-0.3, -0.25) is 9.10 Å². The Morgan fingerprint density at radius 1 is 0.897 bits per heavy atom. The number of thioether (sulfide) groups is 1. The van der Waals surface area contributed by atoms with Crippen LogP contribution in [0.2, 0.25) is 0 Å². The van der Waals surface area contributed by atoms with Crippen molar-refractivity contribution in [2.24, 2.45) is 0 Å². The van der Waals surface area contributed by atoms with Crippen molar-refractivity contribution in [3.8, 4) is 5.75 Å². The van der Waals surface area contributed by atoms with Gasteiger partial charge in [-0.15, -0.1) is 11.8 Å². The van der Waals surface area contributed by atoms with E-state index < -0.39 is 28.5 Å². The molecule has 1 atom stereocenters. The van der Waals surface area contributed by atoms with Crippen LogP contribution in [0.4, 0.5) is 5.69 Å². The Morgan fingerprint density at radius 3 is 2.21 bits per heavy atom.